The zero-order valence-electron chi connectivity index (χ0n) is 19.7. The van der Waals surface area contributed by atoms with Gasteiger partial charge in [-0.05, 0) is 48.4 Å². The molecule has 0 atom stereocenters. The molecule has 7 nitrogen and oxygen atoms in total. The summed E-state index contributed by atoms with van der Waals surface area (Å²) in [5.41, 5.74) is 2.18. The van der Waals surface area contributed by atoms with Gasteiger partial charge in [-0.1, -0.05) is 59.6 Å². The molecule has 0 bridgehead atoms. The van der Waals surface area contributed by atoms with Crippen molar-refractivity contribution in [1.29, 1.82) is 0 Å². The Morgan fingerprint density at radius 2 is 1.69 bits per heavy atom. The lowest BCUT2D eigenvalue weighted by Crippen LogP contribution is -2.38. The van der Waals surface area contributed by atoms with E-state index in [0.717, 1.165) is 42.5 Å². The number of hydrogen-bond donors (Lipinski definition) is 0. The average Bonchev–Trinajstić information content (AvgIpc) is 3.23. The van der Waals surface area contributed by atoms with Crippen molar-refractivity contribution in [2.24, 2.45) is 20.0 Å². The second-order valence-electron chi connectivity index (χ2n) is 9.23. The molecule has 1 aliphatic heterocycles. The fraction of sp³-hybridized carbons (Fsp3) is 0.346. The minimum atomic E-state index is -0.398. The minimum Gasteiger partial charge on any atom is -0.342 e. The molecule has 182 valence electrons. The first-order valence-corrected chi connectivity index (χ1v) is 12.5. The molecule has 0 unspecified atom stereocenters. The first kappa shape index (κ1) is 23.7. The lowest BCUT2D eigenvalue weighted by molar-refractivity contribution is 0.399. The van der Waals surface area contributed by atoms with Crippen LogP contribution in [0.25, 0.3) is 11.2 Å². The molecule has 1 fully saturated rings. The molecule has 3 heterocycles. The third-order valence-electron chi connectivity index (χ3n) is 6.94. The number of aryl methyl sites for hydroxylation is 1. The molecule has 0 saturated carbocycles. The molecule has 0 spiro atoms. The monoisotopic (exact) mass is 511 g/mol. The average molecular weight is 512 g/mol. The van der Waals surface area contributed by atoms with Crippen LogP contribution in [-0.4, -0.2) is 31.8 Å². The summed E-state index contributed by atoms with van der Waals surface area (Å²) < 4.78 is 4.45. The summed E-state index contributed by atoms with van der Waals surface area (Å²) in [6, 6.07) is 15.9. The van der Waals surface area contributed by atoms with E-state index in [2.05, 4.69) is 29.2 Å². The van der Waals surface area contributed by atoms with Gasteiger partial charge in [-0.3, -0.25) is 18.5 Å². The molecule has 4 aromatic rings. The zero-order valence-corrected chi connectivity index (χ0v) is 21.3. The smallest absolute Gasteiger partial charge is 0.332 e. The number of fused-ring (bicyclic) bond motifs is 1. The predicted octanol–water partition coefficient (Wildman–Crippen LogP) is 4.25. The molecule has 0 N–H and O–H groups in total. The summed E-state index contributed by atoms with van der Waals surface area (Å²) in [5.74, 6) is 1.27. The van der Waals surface area contributed by atoms with E-state index < -0.39 is 5.69 Å². The molecule has 1 aliphatic rings. The van der Waals surface area contributed by atoms with Gasteiger partial charge in [-0.25, -0.2) is 4.79 Å². The number of nitrogens with zero attached hydrogens (tertiary/aromatic N) is 5. The summed E-state index contributed by atoms with van der Waals surface area (Å²) in [6.45, 7) is 1.99. The van der Waals surface area contributed by atoms with E-state index in [9.17, 15) is 9.59 Å². The summed E-state index contributed by atoms with van der Waals surface area (Å²) in [5, 5.41) is 1.07. The maximum atomic E-state index is 13.2. The van der Waals surface area contributed by atoms with E-state index in [4.69, 9.17) is 28.2 Å². The number of aromatic nitrogens is 4. The van der Waals surface area contributed by atoms with Gasteiger partial charge in [0.2, 0.25) is 5.95 Å². The Kier molecular flexibility index (Phi) is 6.47. The van der Waals surface area contributed by atoms with Crippen LogP contribution in [0.4, 0.5) is 5.95 Å². The third-order valence-corrected chi connectivity index (χ3v) is 7.52. The number of imidazole rings is 1. The van der Waals surface area contributed by atoms with E-state index in [-0.39, 0.29) is 5.56 Å². The van der Waals surface area contributed by atoms with Crippen molar-refractivity contribution in [2.75, 3.05) is 18.0 Å². The number of rotatable bonds is 5. The Hall–Kier alpha value is -3.03. The fourth-order valence-electron chi connectivity index (χ4n) is 4.93. The van der Waals surface area contributed by atoms with Crippen LogP contribution in [0.5, 0.6) is 0 Å². The molecule has 0 amide bonds. The van der Waals surface area contributed by atoms with Crippen molar-refractivity contribution in [3.8, 4) is 0 Å². The number of anilines is 1. The topological polar surface area (TPSA) is 65.1 Å². The van der Waals surface area contributed by atoms with Crippen LogP contribution < -0.4 is 16.1 Å². The lowest BCUT2D eigenvalue weighted by Gasteiger charge is -2.33. The molecule has 5 rings (SSSR count). The van der Waals surface area contributed by atoms with Crippen LogP contribution in [0.2, 0.25) is 10.0 Å². The molecule has 35 heavy (non-hydrogen) atoms. The van der Waals surface area contributed by atoms with Crippen molar-refractivity contribution in [1.82, 2.24) is 18.7 Å². The second kappa shape index (κ2) is 9.55. The Labute approximate surface area is 213 Å². The molecule has 2 aromatic heterocycles. The van der Waals surface area contributed by atoms with Crippen LogP contribution in [0, 0.1) is 5.92 Å². The van der Waals surface area contributed by atoms with E-state index in [1.54, 1.807) is 19.2 Å². The highest BCUT2D eigenvalue weighted by Crippen LogP contribution is 2.29. The quantitative estimate of drug-likeness (QED) is 0.401. The van der Waals surface area contributed by atoms with Gasteiger partial charge in [0, 0.05) is 37.2 Å². The molecule has 1 saturated heterocycles. The van der Waals surface area contributed by atoms with Gasteiger partial charge in [0.25, 0.3) is 5.56 Å². The van der Waals surface area contributed by atoms with Crippen molar-refractivity contribution in [2.45, 2.75) is 25.8 Å². The zero-order chi connectivity index (χ0) is 24.7. The first-order valence-electron chi connectivity index (χ1n) is 11.7. The molecule has 2 aromatic carbocycles. The summed E-state index contributed by atoms with van der Waals surface area (Å²) >= 11 is 12.6. The number of halogens is 2. The highest BCUT2D eigenvalue weighted by Gasteiger charge is 2.27. The Bertz CT molecular complexity index is 1500. The lowest BCUT2D eigenvalue weighted by atomic mass is 9.90. The first-order chi connectivity index (χ1) is 16.8. The van der Waals surface area contributed by atoms with Gasteiger partial charge in [0.15, 0.2) is 11.2 Å². The van der Waals surface area contributed by atoms with Gasteiger partial charge in [-0.2, -0.15) is 4.98 Å². The van der Waals surface area contributed by atoms with Crippen LogP contribution >= 0.6 is 23.2 Å². The minimum absolute atomic E-state index is 0.346. The van der Waals surface area contributed by atoms with Crippen LogP contribution in [0.15, 0.2) is 58.1 Å². The normalized spacial score (nSPS) is 14.7. The summed E-state index contributed by atoms with van der Waals surface area (Å²) in [7, 11) is 3.14. The summed E-state index contributed by atoms with van der Waals surface area (Å²) in [4.78, 5) is 32.9. The van der Waals surface area contributed by atoms with Crippen LogP contribution in [0.1, 0.15) is 24.0 Å². The van der Waals surface area contributed by atoms with Crippen molar-refractivity contribution >= 4 is 40.3 Å². The number of hydrogen-bond acceptors (Lipinski definition) is 4. The Morgan fingerprint density at radius 3 is 2.37 bits per heavy atom. The van der Waals surface area contributed by atoms with Crippen molar-refractivity contribution < 1.29 is 0 Å². The Balaban J connectivity index is 1.53. The van der Waals surface area contributed by atoms with Crippen LogP contribution in [0.3, 0.4) is 0 Å². The molecule has 9 heteroatoms. The Morgan fingerprint density at radius 1 is 0.971 bits per heavy atom. The van der Waals surface area contributed by atoms with Crippen molar-refractivity contribution in [3.05, 3.63) is 90.5 Å². The predicted molar refractivity (Wildman–Crippen MR) is 141 cm³/mol. The largest absolute Gasteiger partial charge is 0.342 e. The second-order valence-corrected chi connectivity index (χ2v) is 10.1. The van der Waals surface area contributed by atoms with E-state index in [1.807, 2.05) is 16.7 Å². The third kappa shape index (κ3) is 4.50. The highest BCUT2D eigenvalue weighted by molar-refractivity contribution is 6.35. The van der Waals surface area contributed by atoms with Gasteiger partial charge in [0.05, 0.1) is 6.54 Å². The summed E-state index contributed by atoms with van der Waals surface area (Å²) in [6.07, 6.45) is 3.11. The molecular formula is C26H27Cl2N5O2. The van der Waals surface area contributed by atoms with Gasteiger partial charge >= 0.3 is 5.69 Å². The number of piperidine rings is 1. The van der Waals surface area contributed by atoms with E-state index >= 15 is 0 Å². The van der Waals surface area contributed by atoms with Gasteiger partial charge in [-0.15, -0.1) is 0 Å². The standard InChI is InChI=1S/C26H27Cl2N5O2/c1-30-23-22(24(34)31(2)26(30)35)33(16-19-8-9-20(27)15-21(19)28)25(29-23)32-12-10-18(11-13-32)14-17-6-4-3-5-7-17/h3-9,15,18H,10-14,16H2,1-2H3. The molecule has 0 aliphatic carbocycles. The maximum absolute atomic E-state index is 13.2. The molecular weight excluding hydrogens is 485 g/mol. The van der Waals surface area contributed by atoms with E-state index in [0.29, 0.717) is 39.6 Å². The van der Waals surface area contributed by atoms with Crippen LogP contribution in [-0.2, 0) is 27.1 Å². The fourth-order valence-corrected chi connectivity index (χ4v) is 5.40. The highest BCUT2D eigenvalue weighted by atomic mass is 35.5. The molecule has 0 radical (unpaired) electrons. The van der Waals surface area contributed by atoms with E-state index in [1.165, 1.54) is 17.2 Å². The van der Waals surface area contributed by atoms with Gasteiger partial charge in [0.1, 0.15) is 0 Å². The SMILES string of the molecule is Cn1c(=O)c2c(nc(N3CCC(Cc4ccccc4)CC3)n2Cc2ccc(Cl)cc2Cl)n(C)c1=O. The van der Waals surface area contributed by atoms with Gasteiger partial charge < -0.3 is 4.90 Å². The maximum Gasteiger partial charge on any atom is 0.332 e. The number of benzene rings is 2. The van der Waals surface area contributed by atoms with Crippen molar-refractivity contribution in [3.63, 3.8) is 0 Å².